The van der Waals surface area contributed by atoms with E-state index in [1.807, 2.05) is 6.07 Å². The first kappa shape index (κ1) is 19.9. The molecule has 7 nitrogen and oxygen atoms in total. The van der Waals surface area contributed by atoms with Crippen LogP contribution in [0.5, 0.6) is 0 Å². The number of hydrogen-bond donors (Lipinski definition) is 2. The number of benzene rings is 2. The molecular formula is C23H26N4O3. The quantitative estimate of drug-likeness (QED) is 0.797. The summed E-state index contributed by atoms with van der Waals surface area (Å²) < 4.78 is 0. The largest absolute Gasteiger partial charge is 0.370 e. The van der Waals surface area contributed by atoms with Crippen LogP contribution in [0.3, 0.4) is 0 Å². The minimum absolute atomic E-state index is 0.122. The molecule has 2 heterocycles. The molecule has 0 unspecified atom stereocenters. The van der Waals surface area contributed by atoms with Crippen molar-refractivity contribution < 1.29 is 14.4 Å². The predicted octanol–water partition coefficient (Wildman–Crippen LogP) is 3.15. The van der Waals surface area contributed by atoms with Crippen molar-refractivity contribution in [2.24, 2.45) is 5.73 Å². The summed E-state index contributed by atoms with van der Waals surface area (Å²) in [4.78, 5) is 40.6. The molecule has 2 saturated heterocycles. The highest BCUT2D eigenvalue weighted by Crippen LogP contribution is 2.31. The summed E-state index contributed by atoms with van der Waals surface area (Å²) in [6.45, 7) is 2.54. The van der Waals surface area contributed by atoms with Gasteiger partial charge in [0, 0.05) is 42.9 Å². The maximum absolute atomic E-state index is 12.9. The molecule has 3 amide bonds. The third-order valence-corrected chi connectivity index (χ3v) is 5.74. The minimum Gasteiger partial charge on any atom is -0.370 e. The normalized spacial score (nSPS) is 16.6. The Morgan fingerprint density at radius 2 is 1.53 bits per heavy atom. The van der Waals surface area contributed by atoms with Crippen LogP contribution in [0.15, 0.2) is 42.5 Å². The standard InChI is InChI=1S/C23H26N4O3/c24-22(29)17-8-11-20(26-12-3-4-13-26)19(15-17)25-23(30)16-6-9-18(10-7-16)27-14-2-1-5-21(27)28/h6-11,15H,1-5,12-14H2,(H2,24,29)(H,25,30). The first-order chi connectivity index (χ1) is 14.5. The van der Waals surface area contributed by atoms with Crippen molar-refractivity contribution in [2.45, 2.75) is 32.1 Å². The third kappa shape index (κ3) is 4.15. The molecule has 2 fully saturated rings. The van der Waals surface area contributed by atoms with Crippen LogP contribution >= 0.6 is 0 Å². The molecule has 0 spiro atoms. The maximum Gasteiger partial charge on any atom is 0.255 e. The number of rotatable bonds is 5. The average molecular weight is 406 g/mol. The molecule has 3 N–H and O–H groups in total. The van der Waals surface area contributed by atoms with E-state index in [0.29, 0.717) is 29.8 Å². The Morgan fingerprint density at radius 3 is 2.20 bits per heavy atom. The van der Waals surface area contributed by atoms with E-state index in [-0.39, 0.29) is 11.8 Å². The van der Waals surface area contributed by atoms with E-state index < -0.39 is 5.91 Å². The molecule has 156 valence electrons. The van der Waals surface area contributed by atoms with Crippen LogP contribution in [0.2, 0.25) is 0 Å². The fraction of sp³-hybridized carbons (Fsp3) is 0.348. The number of nitrogens with zero attached hydrogens (tertiary/aromatic N) is 2. The van der Waals surface area contributed by atoms with E-state index in [4.69, 9.17) is 5.73 Å². The van der Waals surface area contributed by atoms with Crippen LogP contribution in [0.4, 0.5) is 17.1 Å². The van der Waals surface area contributed by atoms with Gasteiger partial charge in [0.1, 0.15) is 0 Å². The Kier molecular flexibility index (Phi) is 5.70. The highest BCUT2D eigenvalue weighted by molar-refractivity contribution is 6.07. The highest BCUT2D eigenvalue weighted by Gasteiger charge is 2.21. The molecule has 7 heteroatoms. The Morgan fingerprint density at radius 1 is 0.867 bits per heavy atom. The summed E-state index contributed by atoms with van der Waals surface area (Å²) >= 11 is 0. The first-order valence-corrected chi connectivity index (χ1v) is 10.4. The monoisotopic (exact) mass is 406 g/mol. The lowest BCUT2D eigenvalue weighted by atomic mass is 10.1. The fourth-order valence-electron chi connectivity index (χ4n) is 4.09. The summed E-state index contributed by atoms with van der Waals surface area (Å²) in [7, 11) is 0. The van der Waals surface area contributed by atoms with Crippen LogP contribution in [0.1, 0.15) is 52.8 Å². The van der Waals surface area contributed by atoms with Gasteiger partial charge in [0.25, 0.3) is 5.91 Å². The van der Waals surface area contributed by atoms with Gasteiger partial charge in [0.2, 0.25) is 11.8 Å². The summed E-state index contributed by atoms with van der Waals surface area (Å²) in [6.07, 6.45) is 4.68. The molecule has 0 aromatic heterocycles. The lowest BCUT2D eigenvalue weighted by Crippen LogP contribution is -2.35. The second kappa shape index (κ2) is 8.57. The van der Waals surface area contributed by atoms with Gasteiger partial charge in [-0.1, -0.05) is 0 Å². The lowest BCUT2D eigenvalue weighted by molar-refractivity contribution is -0.119. The Bertz CT molecular complexity index is 965. The van der Waals surface area contributed by atoms with Gasteiger partial charge in [-0.2, -0.15) is 0 Å². The third-order valence-electron chi connectivity index (χ3n) is 5.74. The number of carbonyl (C=O) groups is 3. The second-order valence-electron chi connectivity index (χ2n) is 7.79. The van der Waals surface area contributed by atoms with Crippen LogP contribution < -0.4 is 20.9 Å². The molecule has 2 aromatic rings. The predicted molar refractivity (Wildman–Crippen MR) is 117 cm³/mol. The minimum atomic E-state index is -0.533. The van der Waals surface area contributed by atoms with Gasteiger partial charge in [0.15, 0.2) is 0 Å². The van der Waals surface area contributed by atoms with E-state index in [2.05, 4.69) is 10.2 Å². The van der Waals surface area contributed by atoms with Gasteiger partial charge in [-0.25, -0.2) is 0 Å². The summed E-state index contributed by atoms with van der Waals surface area (Å²) in [6, 6.07) is 12.2. The Balaban J connectivity index is 1.55. The smallest absolute Gasteiger partial charge is 0.255 e. The van der Waals surface area contributed by atoms with E-state index in [9.17, 15) is 14.4 Å². The number of nitrogens with one attached hydrogen (secondary N) is 1. The van der Waals surface area contributed by atoms with Crippen molar-refractivity contribution in [3.05, 3.63) is 53.6 Å². The van der Waals surface area contributed by atoms with Gasteiger partial charge in [0.05, 0.1) is 11.4 Å². The van der Waals surface area contributed by atoms with Gasteiger partial charge in [-0.05, 0) is 68.1 Å². The van der Waals surface area contributed by atoms with Crippen LogP contribution in [-0.4, -0.2) is 37.4 Å². The van der Waals surface area contributed by atoms with E-state index >= 15 is 0 Å². The van der Waals surface area contributed by atoms with Crippen LogP contribution in [-0.2, 0) is 4.79 Å². The van der Waals surface area contributed by atoms with Crippen LogP contribution in [0.25, 0.3) is 0 Å². The van der Waals surface area contributed by atoms with Crippen molar-refractivity contribution in [1.82, 2.24) is 0 Å². The Hall–Kier alpha value is -3.35. The number of primary amides is 1. The zero-order valence-corrected chi connectivity index (χ0v) is 16.9. The number of hydrogen-bond acceptors (Lipinski definition) is 4. The maximum atomic E-state index is 12.9. The fourth-order valence-corrected chi connectivity index (χ4v) is 4.09. The van der Waals surface area contributed by atoms with Crippen molar-refractivity contribution in [1.29, 1.82) is 0 Å². The zero-order valence-electron chi connectivity index (χ0n) is 16.9. The molecule has 0 radical (unpaired) electrons. The number of piperidine rings is 1. The van der Waals surface area contributed by atoms with Crippen molar-refractivity contribution in [3.8, 4) is 0 Å². The molecule has 30 heavy (non-hydrogen) atoms. The van der Waals surface area contributed by atoms with Crippen molar-refractivity contribution >= 4 is 34.8 Å². The number of anilines is 3. The topological polar surface area (TPSA) is 95.7 Å². The number of nitrogens with two attached hydrogens (primary N) is 1. The van der Waals surface area contributed by atoms with E-state index in [1.165, 1.54) is 0 Å². The average Bonchev–Trinajstić information content (AvgIpc) is 3.29. The highest BCUT2D eigenvalue weighted by atomic mass is 16.2. The second-order valence-corrected chi connectivity index (χ2v) is 7.79. The first-order valence-electron chi connectivity index (χ1n) is 10.4. The lowest BCUT2D eigenvalue weighted by Gasteiger charge is -2.26. The molecule has 4 rings (SSSR count). The van der Waals surface area contributed by atoms with Gasteiger partial charge in [-0.15, -0.1) is 0 Å². The molecule has 2 aromatic carbocycles. The number of carbonyl (C=O) groups excluding carboxylic acids is 3. The Labute approximate surface area is 175 Å². The van der Waals surface area contributed by atoms with E-state index in [1.54, 1.807) is 41.3 Å². The zero-order chi connectivity index (χ0) is 21.1. The molecule has 0 bridgehead atoms. The molecule has 0 atom stereocenters. The van der Waals surface area contributed by atoms with Crippen molar-refractivity contribution in [3.63, 3.8) is 0 Å². The number of amides is 3. The van der Waals surface area contributed by atoms with Crippen molar-refractivity contribution in [2.75, 3.05) is 34.8 Å². The molecule has 0 aliphatic carbocycles. The molecule has 2 aliphatic heterocycles. The SMILES string of the molecule is NC(=O)c1ccc(N2CCCC2)c(NC(=O)c2ccc(N3CCCCC3=O)cc2)c1. The summed E-state index contributed by atoms with van der Waals surface area (Å²) in [5, 5.41) is 2.94. The summed E-state index contributed by atoms with van der Waals surface area (Å²) in [5.41, 5.74) is 8.55. The van der Waals surface area contributed by atoms with Gasteiger partial charge >= 0.3 is 0 Å². The molecule has 2 aliphatic rings. The molecular weight excluding hydrogens is 380 g/mol. The van der Waals surface area contributed by atoms with Gasteiger partial charge < -0.3 is 20.9 Å². The summed E-state index contributed by atoms with van der Waals surface area (Å²) in [5.74, 6) is -0.681. The van der Waals surface area contributed by atoms with E-state index in [0.717, 1.165) is 50.1 Å². The molecule has 0 saturated carbocycles. The van der Waals surface area contributed by atoms with Gasteiger partial charge in [-0.3, -0.25) is 14.4 Å². The van der Waals surface area contributed by atoms with Crippen LogP contribution in [0, 0.1) is 0 Å².